The molecule has 0 saturated carbocycles. The first-order valence-electron chi connectivity index (χ1n) is 15.4. The minimum absolute atomic E-state index is 0.0643. The highest BCUT2D eigenvalue weighted by molar-refractivity contribution is 7.92. The van der Waals surface area contributed by atoms with Gasteiger partial charge in [-0.1, -0.05) is 103 Å². The van der Waals surface area contributed by atoms with Gasteiger partial charge in [-0.25, -0.2) is 8.42 Å². The van der Waals surface area contributed by atoms with Crippen LogP contribution in [-0.2, 0) is 38.8 Å². The van der Waals surface area contributed by atoms with E-state index in [1.807, 2.05) is 25.1 Å². The molecule has 0 aromatic heterocycles. The third-order valence-electron chi connectivity index (χ3n) is 7.73. The standard InChI is InChI=1S/C36H37ClF3N3O4S/c1-3-4-21-41-35(45)33(22-27-11-7-5-8-12-27)42(24-28-13-9-6-10-14-28)34(44)25-43(48(46,47)30-18-15-26(2)16-19-30)29-17-20-32(37)31(23-29)36(38,39)40/h5-20,23,33H,3-4,21-22,24-25H2,1-2H3,(H,41,45)/t33-/m1/s1. The van der Waals surface area contributed by atoms with Crippen LogP contribution < -0.4 is 9.62 Å². The molecular weight excluding hydrogens is 663 g/mol. The number of benzene rings is 4. The molecule has 0 fully saturated rings. The van der Waals surface area contributed by atoms with Crippen molar-refractivity contribution in [2.45, 2.75) is 56.8 Å². The Bertz CT molecular complexity index is 1790. The topological polar surface area (TPSA) is 86.8 Å². The summed E-state index contributed by atoms with van der Waals surface area (Å²) < 4.78 is 70.8. The Balaban J connectivity index is 1.84. The van der Waals surface area contributed by atoms with Crippen LogP contribution in [0.4, 0.5) is 18.9 Å². The highest BCUT2D eigenvalue weighted by Crippen LogP contribution is 2.38. The maximum absolute atomic E-state index is 14.5. The summed E-state index contributed by atoms with van der Waals surface area (Å²) in [4.78, 5) is 29.3. The third kappa shape index (κ3) is 9.38. The summed E-state index contributed by atoms with van der Waals surface area (Å²) in [6.45, 7) is 3.14. The van der Waals surface area contributed by atoms with Crippen LogP contribution in [0.25, 0.3) is 0 Å². The number of nitrogens with one attached hydrogen (secondary N) is 1. The van der Waals surface area contributed by atoms with Crippen LogP contribution in [0, 0.1) is 6.92 Å². The van der Waals surface area contributed by atoms with Crippen molar-refractivity contribution in [3.05, 3.63) is 130 Å². The minimum Gasteiger partial charge on any atom is -0.354 e. The minimum atomic E-state index is -4.90. The lowest BCUT2D eigenvalue weighted by atomic mass is 10.0. The van der Waals surface area contributed by atoms with Crippen molar-refractivity contribution in [1.29, 1.82) is 0 Å². The number of alkyl halides is 3. The summed E-state index contributed by atoms with van der Waals surface area (Å²) in [6.07, 6.45) is -3.26. The number of anilines is 1. The summed E-state index contributed by atoms with van der Waals surface area (Å²) in [7, 11) is -4.59. The normalized spacial score (nSPS) is 12.3. The Hall–Kier alpha value is -4.35. The van der Waals surface area contributed by atoms with Crippen molar-refractivity contribution in [2.24, 2.45) is 0 Å². The number of unbranched alkanes of at least 4 members (excludes halogenated alkanes) is 1. The first-order chi connectivity index (χ1) is 22.8. The molecule has 0 radical (unpaired) electrons. The summed E-state index contributed by atoms with van der Waals surface area (Å²) in [6, 6.07) is 25.3. The molecule has 254 valence electrons. The molecule has 0 saturated heterocycles. The molecule has 7 nitrogen and oxygen atoms in total. The van der Waals surface area contributed by atoms with Crippen LogP contribution in [-0.4, -0.2) is 44.3 Å². The monoisotopic (exact) mass is 699 g/mol. The average molecular weight is 700 g/mol. The number of carbonyl (C=O) groups excluding carboxylic acids is 2. The fraction of sp³-hybridized carbons (Fsp3) is 0.278. The molecule has 0 spiro atoms. The molecule has 0 heterocycles. The fourth-order valence-electron chi connectivity index (χ4n) is 5.09. The van der Waals surface area contributed by atoms with Gasteiger partial charge in [0.2, 0.25) is 11.8 Å². The van der Waals surface area contributed by atoms with Gasteiger partial charge in [-0.15, -0.1) is 0 Å². The molecule has 4 rings (SSSR count). The molecule has 4 aromatic rings. The molecule has 0 unspecified atom stereocenters. The maximum atomic E-state index is 14.5. The molecule has 12 heteroatoms. The van der Waals surface area contributed by atoms with Crippen LogP contribution in [0.3, 0.4) is 0 Å². The number of hydrogen-bond acceptors (Lipinski definition) is 4. The number of sulfonamides is 1. The van der Waals surface area contributed by atoms with Crippen molar-refractivity contribution in [1.82, 2.24) is 10.2 Å². The summed E-state index contributed by atoms with van der Waals surface area (Å²) in [5.74, 6) is -1.22. The molecule has 0 bridgehead atoms. The Labute approximate surface area is 284 Å². The van der Waals surface area contributed by atoms with Crippen LogP contribution >= 0.6 is 11.6 Å². The van der Waals surface area contributed by atoms with Crippen molar-refractivity contribution < 1.29 is 31.2 Å². The zero-order valence-electron chi connectivity index (χ0n) is 26.6. The lowest BCUT2D eigenvalue weighted by Crippen LogP contribution is -2.53. The Morgan fingerprint density at radius 1 is 0.875 bits per heavy atom. The van der Waals surface area contributed by atoms with Crippen molar-refractivity contribution in [3.8, 4) is 0 Å². The van der Waals surface area contributed by atoms with E-state index in [0.717, 1.165) is 29.7 Å². The van der Waals surface area contributed by atoms with E-state index in [1.165, 1.54) is 17.0 Å². The highest BCUT2D eigenvalue weighted by atomic mass is 35.5. The van der Waals surface area contributed by atoms with E-state index in [4.69, 9.17) is 11.6 Å². The zero-order valence-corrected chi connectivity index (χ0v) is 28.2. The van der Waals surface area contributed by atoms with E-state index >= 15 is 0 Å². The first kappa shape index (κ1) is 36.5. The van der Waals surface area contributed by atoms with E-state index < -0.39 is 56.9 Å². The van der Waals surface area contributed by atoms with Gasteiger partial charge in [0.25, 0.3) is 10.0 Å². The van der Waals surface area contributed by atoms with Crippen LogP contribution in [0.1, 0.15) is 42.0 Å². The molecule has 0 aliphatic heterocycles. The van der Waals surface area contributed by atoms with Gasteiger partial charge in [-0.2, -0.15) is 13.2 Å². The second kappa shape index (κ2) is 16.2. The van der Waals surface area contributed by atoms with Crippen molar-refractivity contribution in [3.63, 3.8) is 0 Å². The molecular formula is C36H37ClF3N3O4S. The largest absolute Gasteiger partial charge is 0.417 e. The second-order valence-electron chi connectivity index (χ2n) is 11.3. The van der Waals surface area contributed by atoms with Crippen LogP contribution in [0.5, 0.6) is 0 Å². The number of amides is 2. The zero-order chi connectivity index (χ0) is 34.9. The van der Waals surface area contributed by atoms with E-state index in [-0.39, 0.29) is 17.9 Å². The summed E-state index contributed by atoms with van der Waals surface area (Å²) in [5, 5.41) is 2.27. The fourth-order valence-corrected chi connectivity index (χ4v) is 6.72. The van der Waals surface area contributed by atoms with E-state index in [0.29, 0.717) is 28.9 Å². The van der Waals surface area contributed by atoms with Gasteiger partial charge < -0.3 is 10.2 Å². The Morgan fingerprint density at radius 2 is 1.48 bits per heavy atom. The number of hydrogen-bond donors (Lipinski definition) is 1. The first-order valence-corrected chi connectivity index (χ1v) is 17.2. The van der Waals surface area contributed by atoms with Crippen LogP contribution in [0.15, 0.2) is 108 Å². The molecule has 4 aromatic carbocycles. The highest BCUT2D eigenvalue weighted by Gasteiger charge is 2.37. The predicted octanol–water partition coefficient (Wildman–Crippen LogP) is 7.42. The second-order valence-corrected chi connectivity index (χ2v) is 13.6. The quantitative estimate of drug-likeness (QED) is 0.139. The van der Waals surface area contributed by atoms with Crippen molar-refractivity contribution >= 4 is 39.1 Å². The number of nitrogens with zero attached hydrogens (tertiary/aromatic N) is 2. The smallest absolute Gasteiger partial charge is 0.354 e. The lowest BCUT2D eigenvalue weighted by Gasteiger charge is -2.34. The number of rotatable bonds is 14. The summed E-state index contributed by atoms with van der Waals surface area (Å²) in [5.41, 5.74) is 0.526. The predicted molar refractivity (Wildman–Crippen MR) is 181 cm³/mol. The number of halogens is 4. The van der Waals surface area contributed by atoms with Crippen molar-refractivity contribution in [2.75, 3.05) is 17.4 Å². The Morgan fingerprint density at radius 3 is 2.06 bits per heavy atom. The SMILES string of the molecule is CCCCNC(=O)[C@@H](Cc1ccccc1)N(Cc1ccccc1)C(=O)CN(c1ccc(Cl)c(C(F)(F)F)c1)S(=O)(=O)c1ccc(C)cc1. The molecule has 48 heavy (non-hydrogen) atoms. The average Bonchev–Trinajstić information content (AvgIpc) is 3.06. The summed E-state index contributed by atoms with van der Waals surface area (Å²) >= 11 is 5.88. The third-order valence-corrected chi connectivity index (χ3v) is 9.85. The van der Waals surface area contributed by atoms with Gasteiger partial charge in [0.05, 0.1) is 21.2 Å². The van der Waals surface area contributed by atoms with E-state index in [2.05, 4.69) is 5.32 Å². The molecule has 0 aliphatic carbocycles. The van der Waals surface area contributed by atoms with Gasteiger partial charge in [-0.3, -0.25) is 13.9 Å². The number of aryl methyl sites for hydroxylation is 1. The van der Waals surface area contributed by atoms with Gasteiger partial charge in [-0.05, 0) is 54.8 Å². The number of carbonyl (C=O) groups is 2. The van der Waals surface area contributed by atoms with Gasteiger partial charge >= 0.3 is 6.18 Å². The van der Waals surface area contributed by atoms with Crippen LogP contribution in [0.2, 0.25) is 5.02 Å². The lowest BCUT2D eigenvalue weighted by molar-refractivity contribution is -0.140. The van der Waals surface area contributed by atoms with Gasteiger partial charge in [0.15, 0.2) is 0 Å². The van der Waals surface area contributed by atoms with Gasteiger partial charge in [0, 0.05) is 19.5 Å². The van der Waals surface area contributed by atoms with Gasteiger partial charge in [0.1, 0.15) is 12.6 Å². The van der Waals surface area contributed by atoms with E-state index in [1.54, 1.807) is 61.5 Å². The maximum Gasteiger partial charge on any atom is 0.417 e. The Kier molecular flexibility index (Phi) is 12.3. The molecule has 1 N–H and O–H groups in total. The molecule has 2 amide bonds. The molecule has 1 atom stereocenters. The van der Waals surface area contributed by atoms with E-state index in [9.17, 15) is 31.2 Å². The molecule has 0 aliphatic rings.